The van der Waals surface area contributed by atoms with Gasteiger partial charge in [0.25, 0.3) is 10.0 Å². The number of oxazole rings is 1. The lowest BCUT2D eigenvalue weighted by Gasteiger charge is -2.08. The Morgan fingerprint density at radius 2 is 1.96 bits per heavy atom. The third-order valence-corrected chi connectivity index (χ3v) is 5.64. The Hall–Kier alpha value is -2.65. The fourth-order valence-corrected chi connectivity index (χ4v) is 4.05. The van der Waals surface area contributed by atoms with E-state index in [4.69, 9.17) is 4.42 Å². The van der Waals surface area contributed by atoms with Crippen LogP contribution < -0.4 is 4.72 Å². The van der Waals surface area contributed by atoms with Crippen molar-refractivity contribution < 1.29 is 22.4 Å². The maximum absolute atomic E-state index is 12.5. The highest BCUT2D eigenvalue weighted by Gasteiger charge is 2.20. The summed E-state index contributed by atoms with van der Waals surface area (Å²) in [6.45, 7) is 1.73. The smallest absolute Gasteiger partial charge is 0.350 e. The molecule has 2 aromatic heterocycles. The van der Waals surface area contributed by atoms with Gasteiger partial charge in [0.15, 0.2) is 5.89 Å². The standard InChI is InChI=1S/C16H14N2O5S2/c1-10-17-14(9-23-10)11-3-5-12(6-4-11)25(20,21)18-13-7-8-24-15(13)16(19)22-2/h3-9,18H,1-2H3. The number of aryl methyl sites for hydroxylation is 1. The van der Waals surface area contributed by atoms with Crippen LogP contribution in [0.5, 0.6) is 0 Å². The van der Waals surface area contributed by atoms with Crippen LogP contribution in [0, 0.1) is 6.92 Å². The largest absolute Gasteiger partial charge is 0.465 e. The summed E-state index contributed by atoms with van der Waals surface area (Å²) in [6, 6.07) is 7.72. The van der Waals surface area contributed by atoms with Crippen LogP contribution in [0.1, 0.15) is 15.6 Å². The minimum atomic E-state index is -3.84. The van der Waals surface area contributed by atoms with Gasteiger partial charge in [0, 0.05) is 12.5 Å². The molecule has 0 saturated heterocycles. The van der Waals surface area contributed by atoms with Crippen molar-refractivity contribution in [2.45, 2.75) is 11.8 Å². The number of sulfonamides is 1. The number of hydrogen-bond acceptors (Lipinski definition) is 7. The van der Waals surface area contributed by atoms with Gasteiger partial charge in [0.05, 0.1) is 17.7 Å². The maximum atomic E-state index is 12.5. The molecule has 3 rings (SSSR count). The summed E-state index contributed by atoms with van der Waals surface area (Å²) in [7, 11) is -2.60. The van der Waals surface area contributed by atoms with E-state index in [1.54, 1.807) is 24.4 Å². The van der Waals surface area contributed by atoms with Gasteiger partial charge in [-0.3, -0.25) is 4.72 Å². The molecule has 0 spiro atoms. The Morgan fingerprint density at radius 3 is 2.56 bits per heavy atom. The average Bonchev–Trinajstić information content (AvgIpc) is 3.23. The summed E-state index contributed by atoms with van der Waals surface area (Å²) in [4.78, 5) is 16.1. The van der Waals surface area contributed by atoms with Crippen molar-refractivity contribution in [3.8, 4) is 11.3 Å². The molecular weight excluding hydrogens is 364 g/mol. The summed E-state index contributed by atoms with van der Waals surface area (Å²) >= 11 is 1.10. The topological polar surface area (TPSA) is 98.5 Å². The lowest BCUT2D eigenvalue weighted by Crippen LogP contribution is -2.14. The molecule has 0 aliphatic carbocycles. The average molecular weight is 378 g/mol. The fourth-order valence-electron chi connectivity index (χ4n) is 2.14. The van der Waals surface area contributed by atoms with Crippen LogP contribution in [0.15, 0.2) is 51.3 Å². The highest BCUT2D eigenvalue weighted by Crippen LogP contribution is 2.27. The van der Waals surface area contributed by atoms with Crippen molar-refractivity contribution in [1.29, 1.82) is 0 Å². The van der Waals surface area contributed by atoms with Gasteiger partial charge in [-0.1, -0.05) is 12.1 Å². The van der Waals surface area contributed by atoms with Gasteiger partial charge >= 0.3 is 5.97 Å². The van der Waals surface area contributed by atoms with Gasteiger partial charge in [-0.05, 0) is 23.6 Å². The molecule has 0 amide bonds. The van der Waals surface area contributed by atoms with E-state index in [9.17, 15) is 13.2 Å². The summed E-state index contributed by atoms with van der Waals surface area (Å²) < 4.78 is 37.2. The Morgan fingerprint density at radius 1 is 1.24 bits per heavy atom. The molecule has 1 aromatic carbocycles. The lowest BCUT2D eigenvalue weighted by atomic mass is 10.2. The van der Waals surface area contributed by atoms with Crippen LogP contribution in [0.2, 0.25) is 0 Å². The van der Waals surface area contributed by atoms with Crippen LogP contribution in [0.25, 0.3) is 11.3 Å². The van der Waals surface area contributed by atoms with E-state index in [1.165, 1.54) is 31.6 Å². The first kappa shape index (κ1) is 17.2. The number of aromatic nitrogens is 1. The zero-order chi connectivity index (χ0) is 18.0. The van der Waals surface area contributed by atoms with Gasteiger partial charge < -0.3 is 9.15 Å². The molecule has 1 N–H and O–H groups in total. The second-order valence-corrected chi connectivity index (χ2v) is 7.64. The molecule has 3 aromatic rings. The van der Waals surface area contributed by atoms with E-state index in [0.717, 1.165) is 16.9 Å². The Kier molecular flexibility index (Phi) is 4.60. The van der Waals surface area contributed by atoms with Crippen molar-refractivity contribution in [3.63, 3.8) is 0 Å². The van der Waals surface area contributed by atoms with Crippen molar-refractivity contribution in [2.75, 3.05) is 11.8 Å². The Balaban J connectivity index is 1.86. The van der Waals surface area contributed by atoms with Crippen LogP contribution in [0.3, 0.4) is 0 Å². The monoisotopic (exact) mass is 378 g/mol. The lowest BCUT2D eigenvalue weighted by molar-refractivity contribution is 0.0607. The molecule has 0 saturated carbocycles. The van der Waals surface area contributed by atoms with Crippen molar-refractivity contribution in [1.82, 2.24) is 4.98 Å². The van der Waals surface area contributed by atoms with Crippen LogP contribution in [-0.4, -0.2) is 26.5 Å². The molecule has 2 heterocycles. The summed E-state index contributed by atoms with van der Waals surface area (Å²) in [5, 5.41) is 1.61. The Bertz CT molecular complexity index is 1000. The molecule has 0 aliphatic heterocycles. The number of esters is 1. The summed E-state index contributed by atoms with van der Waals surface area (Å²) in [5.74, 6) is -0.0642. The van der Waals surface area contributed by atoms with Crippen LogP contribution in [-0.2, 0) is 14.8 Å². The number of carbonyl (C=O) groups excluding carboxylic acids is 1. The first-order valence-electron chi connectivity index (χ1n) is 7.12. The van der Waals surface area contributed by atoms with Crippen molar-refractivity contribution in [3.05, 3.63) is 52.7 Å². The number of benzene rings is 1. The first-order chi connectivity index (χ1) is 11.9. The van der Waals surface area contributed by atoms with E-state index in [2.05, 4.69) is 14.4 Å². The van der Waals surface area contributed by atoms with Gasteiger partial charge in [-0.25, -0.2) is 18.2 Å². The summed E-state index contributed by atoms with van der Waals surface area (Å²) in [5.41, 5.74) is 1.55. The Labute approximate surface area is 148 Å². The molecule has 0 atom stereocenters. The van der Waals surface area contributed by atoms with Gasteiger partial charge in [-0.15, -0.1) is 11.3 Å². The van der Waals surface area contributed by atoms with Gasteiger partial charge in [0.2, 0.25) is 0 Å². The molecule has 0 aliphatic rings. The van der Waals surface area contributed by atoms with Crippen LogP contribution >= 0.6 is 11.3 Å². The van der Waals surface area contributed by atoms with Crippen LogP contribution in [0.4, 0.5) is 5.69 Å². The second kappa shape index (κ2) is 6.69. The highest BCUT2D eigenvalue weighted by atomic mass is 32.2. The van der Waals surface area contributed by atoms with E-state index < -0.39 is 16.0 Å². The molecular formula is C16H14N2O5S2. The summed E-state index contributed by atoms with van der Waals surface area (Å²) in [6.07, 6.45) is 1.51. The second-order valence-electron chi connectivity index (χ2n) is 5.04. The zero-order valence-corrected chi connectivity index (χ0v) is 15.0. The normalized spacial score (nSPS) is 11.3. The third kappa shape index (κ3) is 3.57. The molecule has 9 heteroatoms. The SMILES string of the molecule is COC(=O)c1sccc1NS(=O)(=O)c1ccc(-c2coc(C)n2)cc1. The van der Waals surface area contributed by atoms with E-state index in [-0.39, 0.29) is 15.5 Å². The van der Waals surface area contributed by atoms with Gasteiger partial charge in [0.1, 0.15) is 16.8 Å². The highest BCUT2D eigenvalue weighted by molar-refractivity contribution is 7.92. The number of nitrogens with zero attached hydrogens (tertiary/aromatic N) is 1. The number of nitrogens with one attached hydrogen (secondary N) is 1. The number of anilines is 1. The number of methoxy groups -OCH3 is 1. The fraction of sp³-hybridized carbons (Fsp3) is 0.125. The number of ether oxygens (including phenoxy) is 1. The molecule has 7 nitrogen and oxygen atoms in total. The van der Waals surface area contributed by atoms with E-state index in [1.807, 2.05) is 0 Å². The van der Waals surface area contributed by atoms with E-state index >= 15 is 0 Å². The molecule has 0 fully saturated rings. The maximum Gasteiger partial charge on any atom is 0.350 e. The number of hydrogen-bond donors (Lipinski definition) is 1. The molecule has 0 radical (unpaired) electrons. The number of rotatable bonds is 5. The molecule has 130 valence electrons. The number of thiophene rings is 1. The minimum Gasteiger partial charge on any atom is -0.465 e. The molecule has 25 heavy (non-hydrogen) atoms. The minimum absolute atomic E-state index is 0.0680. The number of carbonyl (C=O) groups is 1. The zero-order valence-electron chi connectivity index (χ0n) is 13.3. The quantitative estimate of drug-likeness (QED) is 0.684. The molecule has 0 unspecified atom stereocenters. The predicted octanol–water partition coefficient (Wildman–Crippen LogP) is 3.30. The van der Waals surface area contributed by atoms with Crippen molar-refractivity contribution in [2.24, 2.45) is 0 Å². The molecule has 0 bridgehead atoms. The predicted molar refractivity (Wildman–Crippen MR) is 93.1 cm³/mol. The van der Waals surface area contributed by atoms with Crippen molar-refractivity contribution >= 4 is 33.0 Å². The third-order valence-electron chi connectivity index (χ3n) is 3.36. The van der Waals surface area contributed by atoms with E-state index in [0.29, 0.717) is 11.6 Å². The first-order valence-corrected chi connectivity index (χ1v) is 9.48. The van der Waals surface area contributed by atoms with Gasteiger partial charge in [-0.2, -0.15) is 0 Å².